The number of hydrogen-bond acceptors (Lipinski definition) is 3. The quantitative estimate of drug-likeness (QED) is 0.808. The van der Waals surface area contributed by atoms with Crippen molar-refractivity contribution in [3.05, 3.63) is 53.8 Å². The summed E-state index contributed by atoms with van der Waals surface area (Å²) < 4.78 is 0.447. The molecule has 2 aliphatic heterocycles. The number of hydrogen-bond donors (Lipinski definition) is 2. The number of carbonyl (C=O) groups excluding carboxylic acids is 1. The number of allylic oxidation sites excluding steroid dienone is 1. The molecule has 2 N–H and O–H groups in total. The van der Waals surface area contributed by atoms with E-state index in [0.717, 1.165) is 23.3 Å². The van der Waals surface area contributed by atoms with Crippen LogP contribution in [0.5, 0.6) is 0 Å². The molecule has 25 heavy (non-hydrogen) atoms. The van der Waals surface area contributed by atoms with Crippen molar-refractivity contribution in [2.24, 2.45) is 5.10 Å². The van der Waals surface area contributed by atoms with E-state index in [1.54, 1.807) is 0 Å². The molecule has 0 saturated carbocycles. The van der Waals surface area contributed by atoms with E-state index in [1.165, 1.54) is 0 Å². The van der Waals surface area contributed by atoms with Gasteiger partial charge in [-0.3, -0.25) is 4.79 Å². The molecule has 1 aromatic carbocycles. The summed E-state index contributed by atoms with van der Waals surface area (Å²) in [5.41, 5.74) is 2.46. The average Bonchev–Trinajstić information content (AvgIpc) is 3.02. The molecular weight excluding hydrogens is 312 g/mol. The van der Waals surface area contributed by atoms with Gasteiger partial charge in [-0.2, -0.15) is 4.59 Å². The third-order valence-corrected chi connectivity index (χ3v) is 5.01. The number of anilines is 1. The van der Waals surface area contributed by atoms with Gasteiger partial charge >= 0.3 is 0 Å². The predicted molar refractivity (Wildman–Crippen MR) is 102 cm³/mol. The third kappa shape index (κ3) is 3.51. The minimum Gasteiger partial charge on any atom is -0.363 e. The molecule has 0 aromatic heterocycles. The van der Waals surface area contributed by atoms with Crippen LogP contribution in [0.4, 0.5) is 5.69 Å². The maximum absolute atomic E-state index is 12.9. The van der Waals surface area contributed by atoms with Crippen molar-refractivity contribution in [1.82, 2.24) is 5.32 Å². The third-order valence-electron chi connectivity index (χ3n) is 5.01. The second-order valence-corrected chi connectivity index (χ2v) is 7.46. The van der Waals surface area contributed by atoms with Crippen LogP contribution in [-0.4, -0.2) is 35.0 Å². The van der Waals surface area contributed by atoms with Crippen molar-refractivity contribution in [1.29, 1.82) is 0 Å². The Labute approximate surface area is 149 Å². The fourth-order valence-corrected chi connectivity index (χ4v) is 3.55. The number of benzene rings is 1. The highest BCUT2D eigenvalue weighted by Crippen LogP contribution is 2.30. The van der Waals surface area contributed by atoms with Crippen LogP contribution < -0.4 is 10.6 Å². The van der Waals surface area contributed by atoms with E-state index in [4.69, 9.17) is 0 Å². The van der Waals surface area contributed by atoms with Crippen molar-refractivity contribution in [3.8, 4) is 0 Å². The number of nitrogens with one attached hydrogen (secondary N) is 2. The van der Waals surface area contributed by atoms with Gasteiger partial charge in [-0.05, 0) is 39.8 Å². The number of quaternary nitrogens is 1. The van der Waals surface area contributed by atoms with Crippen molar-refractivity contribution in [2.75, 3.05) is 11.9 Å². The predicted octanol–water partition coefficient (Wildman–Crippen LogP) is 3.39. The van der Waals surface area contributed by atoms with Crippen LogP contribution in [0.2, 0.25) is 0 Å². The summed E-state index contributed by atoms with van der Waals surface area (Å²) in [6.07, 6.45) is 6.60. The fourth-order valence-electron chi connectivity index (χ4n) is 3.55. The molecule has 2 aliphatic rings. The van der Waals surface area contributed by atoms with Gasteiger partial charge in [0.2, 0.25) is 0 Å². The normalized spacial score (nSPS) is 28.6. The molecule has 5 heteroatoms. The van der Waals surface area contributed by atoms with Gasteiger partial charge in [-0.1, -0.05) is 28.9 Å². The molecule has 3 rings (SSSR count). The Bertz CT molecular complexity index is 736. The molecule has 2 atom stereocenters. The van der Waals surface area contributed by atoms with Crippen LogP contribution in [0, 0.1) is 0 Å². The molecule has 0 bridgehead atoms. The largest absolute Gasteiger partial charge is 0.363 e. The van der Waals surface area contributed by atoms with Crippen LogP contribution in [-0.2, 0) is 4.79 Å². The molecule has 0 radical (unpaired) electrons. The van der Waals surface area contributed by atoms with E-state index in [9.17, 15) is 4.79 Å². The molecule has 2 heterocycles. The lowest BCUT2D eigenvalue weighted by Gasteiger charge is -2.39. The van der Waals surface area contributed by atoms with Gasteiger partial charge in [0.15, 0.2) is 0 Å². The summed E-state index contributed by atoms with van der Waals surface area (Å²) in [6, 6.07) is 10.2. The van der Waals surface area contributed by atoms with Crippen LogP contribution >= 0.6 is 0 Å². The first-order chi connectivity index (χ1) is 11.8. The van der Waals surface area contributed by atoms with Gasteiger partial charge in [-0.25, -0.2) is 0 Å². The summed E-state index contributed by atoms with van der Waals surface area (Å²) in [6.45, 7) is 8.93. The fraction of sp³-hybridized carbons (Fsp3) is 0.400. The second kappa shape index (κ2) is 6.48. The van der Waals surface area contributed by atoms with Crippen molar-refractivity contribution in [2.45, 2.75) is 45.8 Å². The first kappa shape index (κ1) is 17.4. The Hall–Kier alpha value is -2.40. The van der Waals surface area contributed by atoms with Crippen molar-refractivity contribution in [3.63, 3.8) is 0 Å². The average molecular weight is 339 g/mol. The van der Waals surface area contributed by atoms with Crippen molar-refractivity contribution < 1.29 is 9.39 Å². The SMILES string of the molecule is CC1=C(C[N+]2(C(C)C)C=CC=N2)C(=O)NC(C)(Nc2ccccc2)C1. The molecule has 0 saturated heterocycles. The lowest BCUT2D eigenvalue weighted by molar-refractivity contribution is -0.899. The Balaban J connectivity index is 1.82. The Morgan fingerprint density at radius 3 is 2.60 bits per heavy atom. The zero-order valence-electron chi connectivity index (χ0n) is 15.4. The number of rotatable bonds is 5. The highest BCUT2D eigenvalue weighted by atomic mass is 16.2. The molecule has 0 aliphatic carbocycles. The second-order valence-electron chi connectivity index (χ2n) is 7.46. The van der Waals surface area contributed by atoms with Gasteiger partial charge in [-0.15, -0.1) is 0 Å². The van der Waals surface area contributed by atoms with Gasteiger partial charge in [0.1, 0.15) is 24.4 Å². The zero-order chi connectivity index (χ0) is 18.1. The first-order valence-electron chi connectivity index (χ1n) is 8.79. The standard InChI is InChI=1S/C20H26N4O/c1-15(2)24(12-8-11-21-24)14-18-16(3)13-20(4,23-19(18)25)22-17-9-6-5-7-10-17/h5-12,15,22H,13-14H2,1-4H3/p+1. The topological polar surface area (TPSA) is 53.5 Å². The number of nitrogens with zero attached hydrogens (tertiary/aromatic N) is 2. The number of carbonyl (C=O) groups is 1. The minimum atomic E-state index is -0.487. The van der Waals surface area contributed by atoms with Gasteiger partial charge in [0, 0.05) is 18.2 Å². The van der Waals surface area contributed by atoms with Crippen LogP contribution in [0.25, 0.3) is 0 Å². The maximum atomic E-state index is 12.9. The van der Waals surface area contributed by atoms with Gasteiger partial charge in [0.25, 0.3) is 5.91 Å². The Kier molecular flexibility index (Phi) is 4.52. The first-order valence-corrected chi connectivity index (χ1v) is 8.79. The lowest BCUT2D eigenvalue weighted by Crippen LogP contribution is -2.57. The van der Waals surface area contributed by atoms with E-state index in [2.05, 4.69) is 42.7 Å². The van der Waals surface area contributed by atoms with E-state index < -0.39 is 5.66 Å². The Morgan fingerprint density at radius 2 is 2.04 bits per heavy atom. The van der Waals surface area contributed by atoms with E-state index in [-0.39, 0.29) is 11.9 Å². The molecule has 1 aromatic rings. The van der Waals surface area contributed by atoms with Crippen LogP contribution in [0.1, 0.15) is 34.1 Å². The van der Waals surface area contributed by atoms with E-state index >= 15 is 0 Å². The molecule has 5 nitrogen and oxygen atoms in total. The molecule has 0 spiro atoms. The smallest absolute Gasteiger partial charge is 0.254 e. The van der Waals surface area contributed by atoms with Gasteiger partial charge < -0.3 is 10.6 Å². The number of amides is 1. The monoisotopic (exact) mass is 339 g/mol. The summed E-state index contributed by atoms with van der Waals surface area (Å²) in [7, 11) is 0. The van der Waals surface area contributed by atoms with E-state index in [0.29, 0.717) is 11.1 Å². The highest BCUT2D eigenvalue weighted by Gasteiger charge is 2.40. The molecule has 132 valence electrons. The summed E-state index contributed by atoms with van der Waals surface area (Å²) in [4.78, 5) is 12.9. The minimum absolute atomic E-state index is 0.0108. The maximum Gasteiger partial charge on any atom is 0.254 e. The molecule has 1 amide bonds. The van der Waals surface area contributed by atoms with Crippen LogP contribution in [0.15, 0.2) is 58.9 Å². The highest BCUT2D eigenvalue weighted by molar-refractivity contribution is 5.96. The Morgan fingerprint density at radius 1 is 1.32 bits per heavy atom. The molecule has 2 unspecified atom stereocenters. The van der Waals surface area contributed by atoms with E-state index in [1.807, 2.05) is 49.5 Å². The molecular formula is C20H27N4O+. The van der Waals surface area contributed by atoms with Crippen molar-refractivity contribution >= 4 is 17.8 Å². The molecule has 0 fully saturated rings. The summed E-state index contributed by atoms with van der Waals surface area (Å²) in [5, 5.41) is 11.2. The zero-order valence-corrected chi connectivity index (χ0v) is 15.4. The number of para-hydroxylation sites is 1. The summed E-state index contributed by atoms with van der Waals surface area (Å²) >= 11 is 0. The lowest BCUT2D eigenvalue weighted by atomic mass is 9.91. The van der Waals surface area contributed by atoms with Crippen LogP contribution in [0.3, 0.4) is 0 Å². The summed E-state index contributed by atoms with van der Waals surface area (Å²) in [5.74, 6) is -0.0108. The van der Waals surface area contributed by atoms with Gasteiger partial charge in [0.05, 0.1) is 11.8 Å².